The lowest BCUT2D eigenvalue weighted by molar-refractivity contribution is 0.787. The zero-order valence-electron chi connectivity index (χ0n) is 14.4. The summed E-state index contributed by atoms with van der Waals surface area (Å²) in [6.45, 7) is 8.89. The molecule has 0 aliphatic heterocycles. The van der Waals surface area contributed by atoms with Crippen LogP contribution in [-0.2, 0) is 12.8 Å². The van der Waals surface area contributed by atoms with Crippen molar-refractivity contribution in [2.24, 2.45) is 0 Å². The minimum absolute atomic E-state index is 0.443. The number of aromatic nitrogens is 2. The van der Waals surface area contributed by atoms with Gasteiger partial charge in [-0.3, -0.25) is 0 Å². The Kier molecular flexibility index (Phi) is 3.29. The Labute approximate surface area is 138 Å². The van der Waals surface area contributed by atoms with Crippen LogP contribution in [0.1, 0.15) is 62.2 Å². The third kappa shape index (κ3) is 2.37. The van der Waals surface area contributed by atoms with Crippen LogP contribution < -0.4 is 0 Å². The van der Waals surface area contributed by atoms with E-state index in [9.17, 15) is 0 Å². The molecule has 1 aromatic heterocycles. The van der Waals surface area contributed by atoms with Crippen LogP contribution in [0.15, 0.2) is 30.3 Å². The van der Waals surface area contributed by atoms with Crippen LogP contribution in [0, 0.1) is 0 Å². The van der Waals surface area contributed by atoms with Gasteiger partial charge in [-0.15, -0.1) is 0 Å². The van der Waals surface area contributed by atoms with Crippen molar-refractivity contribution in [3.8, 4) is 11.3 Å². The van der Waals surface area contributed by atoms with Gasteiger partial charge >= 0.3 is 0 Å². The van der Waals surface area contributed by atoms with Crippen molar-refractivity contribution in [1.29, 1.82) is 0 Å². The molecule has 1 aliphatic rings. The zero-order valence-corrected chi connectivity index (χ0v) is 14.4. The second-order valence-corrected chi connectivity index (χ2v) is 7.37. The maximum absolute atomic E-state index is 4.81. The average Bonchev–Trinajstić information content (AvgIpc) is 2.97. The molecular formula is C21H24N2. The minimum atomic E-state index is 0.443. The summed E-state index contributed by atoms with van der Waals surface area (Å²) in [6.07, 6.45) is 2.13. The maximum Gasteiger partial charge on any atom is 0.109 e. The molecule has 3 aromatic rings. The fourth-order valence-electron chi connectivity index (χ4n) is 3.52. The molecule has 23 heavy (non-hydrogen) atoms. The highest BCUT2D eigenvalue weighted by Gasteiger charge is 2.21. The molecule has 1 heterocycles. The SMILES string of the molecule is CC(C)c1ccc2cc3c(cc2c1)CCc1nc(C(C)C)[nH]c1-3. The molecule has 0 bridgehead atoms. The predicted octanol–water partition coefficient (Wildman–Crippen LogP) is 5.58. The number of benzene rings is 2. The van der Waals surface area contributed by atoms with Gasteiger partial charge < -0.3 is 4.98 Å². The lowest BCUT2D eigenvalue weighted by Gasteiger charge is -2.17. The third-order valence-corrected chi connectivity index (χ3v) is 5.00. The highest BCUT2D eigenvalue weighted by Crippen LogP contribution is 2.36. The molecule has 0 fully saturated rings. The van der Waals surface area contributed by atoms with Gasteiger partial charge in [-0.05, 0) is 46.7 Å². The Morgan fingerprint density at radius 2 is 1.74 bits per heavy atom. The number of aromatic amines is 1. The van der Waals surface area contributed by atoms with E-state index in [0.717, 1.165) is 18.7 Å². The first-order chi connectivity index (χ1) is 11.0. The predicted molar refractivity (Wildman–Crippen MR) is 97.1 cm³/mol. The van der Waals surface area contributed by atoms with Crippen LogP contribution in [0.2, 0.25) is 0 Å². The minimum Gasteiger partial charge on any atom is -0.342 e. The molecule has 2 nitrogen and oxygen atoms in total. The highest BCUT2D eigenvalue weighted by atomic mass is 14.9. The monoisotopic (exact) mass is 304 g/mol. The van der Waals surface area contributed by atoms with E-state index in [2.05, 4.69) is 63.0 Å². The largest absolute Gasteiger partial charge is 0.342 e. The number of nitrogens with zero attached hydrogens (tertiary/aromatic N) is 1. The van der Waals surface area contributed by atoms with Crippen LogP contribution in [0.3, 0.4) is 0 Å². The maximum atomic E-state index is 4.81. The van der Waals surface area contributed by atoms with Gasteiger partial charge in [0, 0.05) is 11.5 Å². The number of rotatable bonds is 2. The smallest absolute Gasteiger partial charge is 0.109 e. The molecular weight excluding hydrogens is 280 g/mol. The molecule has 0 saturated heterocycles. The molecule has 0 atom stereocenters. The topological polar surface area (TPSA) is 28.7 Å². The molecule has 0 amide bonds. The van der Waals surface area contributed by atoms with Gasteiger partial charge in [0.25, 0.3) is 0 Å². The Hall–Kier alpha value is -2.09. The summed E-state index contributed by atoms with van der Waals surface area (Å²) in [5.41, 5.74) is 6.68. The summed E-state index contributed by atoms with van der Waals surface area (Å²) >= 11 is 0. The molecule has 0 saturated carbocycles. The molecule has 2 aromatic carbocycles. The Balaban J connectivity index is 1.89. The van der Waals surface area contributed by atoms with Gasteiger partial charge in [0.05, 0.1) is 11.4 Å². The zero-order chi connectivity index (χ0) is 16.1. The van der Waals surface area contributed by atoms with Gasteiger partial charge in [0.1, 0.15) is 5.82 Å². The molecule has 0 spiro atoms. The van der Waals surface area contributed by atoms with Crippen molar-refractivity contribution in [1.82, 2.24) is 9.97 Å². The van der Waals surface area contributed by atoms with Gasteiger partial charge in [-0.2, -0.15) is 0 Å². The van der Waals surface area contributed by atoms with Gasteiger partial charge in [0.15, 0.2) is 0 Å². The summed E-state index contributed by atoms with van der Waals surface area (Å²) in [5.74, 6) is 2.12. The van der Waals surface area contributed by atoms with Crippen LogP contribution in [0.25, 0.3) is 22.0 Å². The average molecular weight is 304 g/mol. The van der Waals surface area contributed by atoms with Crippen molar-refractivity contribution in [2.45, 2.75) is 52.4 Å². The molecule has 4 rings (SSSR count). The van der Waals surface area contributed by atoms with E-state index in [0.29, 0.717) is 11.8 Å². The van der Waals surface area contributed by atoms with E-state index in [1.54, 1.807) is 0 Å². The van der Waals surface area contributed by atoms with E-state index in [4.69, 9.17) is 4.98 Å². The molecule has 1 aliphatic carbocycles. The van der Waals surface area contributed by atoms with E-state index in [1.165, 1.54) is 38.9 Å². The van der Waals surface area contributed by atoms with Gasteiger partial charge in [0.2, 0.25) is 0 Å². The van der Waals surface area contributed by atoms with Crippen LogP contribution in [0.4, 0.5) is 0 Å². The molecule has 0 radical (unpaired) electrons. The lowest BCUT2D eigenvalue weighted by Crippen LogP contribution is -2.03. The van der Waals surface area contributed by atoms with Crippen LogP contribution >= 0.6 is 0 Å². The van der Waals surface area contributed by atoms with Crippen molar-refractivity contribution in [3.63, 3.8) is 0 Å². The second kappa shape index (κ2) is 5.23. The second-order valence-electron chi connectivity index (χ2n) is 7.37. The molecule has 118 valence electrons. The first-order valence-corrected chi connectivity index (χ1v) is 8.68. The number of H-pyrrole nitrogens is 1. The first-order valence-electron chi connectivity index (χ1n) is 8.68. The Morgan fingerprint density at radius 1 is 0.913 bits per heavy atom. The number of nitrogens with one attached hydrogen (secondary N) is 1. The third-order valence-electron chi connectivity index (χ3n) is 5.00. The molecule has 1 N–H and O–H groups in total. The molecule has 2 heteroatoms. The van der Waals surface area contributed by atoms with E-state index < -0.39 is 0 Å². The van der Waals surface area contributed by atoms with Crippen molar-refractivity contribution < 1.29 is 0 Å². The van der Waals surface area contributed by atoms with Crippen molar-refractivity contribution >= 4 is 10.8 Å². The van der Waals surface area contributed by atoms with E-state index >= 15 is 0 Å². The van der Waals surface area contributed by atoms with Crippen LogP contribution in [0.5, 0.6) is 0 Å². The summed E-state index contributed by atoms with van der Waals surface area (Å²) in [5, 5.41) is 2.68. The normalized spacial score (nSPS) is 13.7. The summed E-state index contributed by atoms with van der Waals surface area (Å²) in [4.78, 5) is 8.38. The van der Waals surface area contributed by atoms with Crippen molar-refractivity contribution in [2.75, 3.05) is 0 Å². The number of fused-ring (bicyclic) bond motifs is 4. The number of hydrogen-bond acceptors (Lipinski definition) is 1. The lowest BCUT2D eigenvalue weighted by atomic mass is 9.89. The van der Waals surface area contributed by atoms with Crippen LogP contribution in [-0.4, -0.2) is 9.97 Å². The molecule has 0 unspecified atom stereocenters. The Morgan fingerprint density at radius 3 is 2.48 bits per heavy atom. The number of aryl methyl sites for hydroxylation is 2. The standard InChI is InChI=1S/C21H24N2/c1-12(2)14-5-6-15-11-18-16(10-17(15)9-14)7-8-19-20(18)23-21(22-19)13(3)4/h5-6,9-13H,7-8H2,1-4H3,(H,22,23). The van der Waals surface area contributed by atoms with Crippen molar-refractivity contribution in [3.05, 3.63) is 53.0 Å². The van der Waals surface area contributed by atoms with E-state index in [1.807, 2.05) is 0 Å². The summed E-state index contributed by atoms with van der Waals surface area (Å²) in [6, 6.07) is 11.6. The Bertz CT molecular complexity index is 884. The number of imidazole rings is 1. The summed E-state index contributed by atoms with van der Waals surface area (Å²) in [7, 11) is 0. The quantitative estimate of drug-likeness (QED) is 0.658. The fourth-order valence-corrected chi connectivity index (χ4v) is 3.52. The van der Waals surface area contributed by atoms with E-state index in [-0.39, 0.29) is 0 Å². The fraction of sp³-hybridized carbons (Fsp3) is 0.381. The van der Waals surface area contributed by atoms with Gasteiger partial charge in [-0.25, -0.2) is 4.98 Å². The number of hydrogen-bond donors (Lipinski definition) is 1. The highest BCUT2D eigenvalue weighted by molar-refractivity contribution is 5.90. The first kappa shape index (κ1) is 14.5. The van der Waals surface area contributed by atoms with Gasteiger partial charge in [-0.1, -0.05) is 52.0 Å². The summed E-state index contributed by atoms with van der Waals surface area (Å²) < 4.78 is 0.